The fourth-order valence-corrected chi connectivity index (χ4v) is 2.65. The molecular formula is C21H22N4O2. The standard InChI is InChI=1S/C21H22N4O2/c1-15-6-7-17(13-16(15)2)19-8-9-21(27)25(24-19)12-10-20(26)23-14-18-5-3-4-11-22-18/h3-9,11,13H,10,12,14H2,1-2H3,(H,23,26). The first-order chi connectivity index (χ1) is 13.0. The summed E-state index contributed by atoms with van der Waals surface area (Å²) in [6.07, 6.45) is 1.86. The molecular weight excluding hydrogens is 340 g/mol. The van der Waals surface area contributed by atoms with Gasteiger partial charge in [-0.05, 0) is 49.2 Å². The SMILES string of the molecule is Cc1ccc(-c2ccc(=O)n(CCC(=O)NCc3ccccn3)n2)cc1C. The molecule has 1 amide bonds. The minimum absolute atomic E-state index is 0.147. The fraction of sp³-hybridized carbons (Fsp3) is 0.238. The Hall–Kier alpha value is -3.28. The van der Waals surface area contributed by atoms with Crippen molar-refractivity contribution < 1.29 is 4.79 Å². The highest BCUT2D eigenvalue weighted by molar-refractivity contribution is 5.75. The first-order valence-electron chi connectivity index (χ1n) is 8.85. The Morgan fingerprint density at radius 1 is 1.07 bits per heavy atom. The summed E-state index contributed by atoms with van der Waals surface area (Å²) in [5, 5.41) is 7.22. The molecule has 0 saturated carbocycles. The van der Waals surface area contributed by atoms with Gasteiger partial charge in [0.1, 0.15) is 0 Å². The molecule has 0 saturated heterocycles. The Balaban J connectivity index is 1.65. The van der Waals surface area contributed by atoms with E-state index < -0.39 is 0 Å². The topological polar surface area (TPSA) is 76.9 Å². The van der Waals surface area contributed by atoms with Gasteiger partial charge in [0.15, 0.2) is 0 Å². The number of carbonyl (C=O) groups is 1. The van der Waals surface area contributed by atoms with Gasteiger partial charge in [-0.2, -0.15) is 5.10 Å². The van der Waals surface area contributed by atoms with Crippen molar-refractivity contribution in [3.63, 3.8) is 0 Å². The molecule has 6 nitrogen and oxygen atoms in total. The number of hydrogen-bond donors (Lipinski definition) is 1. The molecule has 2 heterocycles. The quantitative estimate of drug-likeness (QED) is 0.731. The van der Waals surface area contributed by atoms with E-state index in [0.29, 0.717) is 12.2 Å². The number of carbonyl (C=O) groups excluding carboxylic acids is 1. The van der Waals surface area contributed by atoms with Crippen LogP contribution in [0.4, 0.5) is 0 Å². The highest BCUT2D eigenvalue weighted by Gasteiger charge is 2.07. The summed E-state index contributed by atoms with van der Waals surface area (Å²) in [5.41, 5.74) is 4.61. The van der Waals surface area contributed by atoms with Crippen LogP contribution in [-0.4, -0.2) is 20.7 Å². The van der Waals surface area contributed by atoms with E-state index in [1.165, 1.54) is 21.9 Å². The number of amides is 1. The van der Waals surface area contributed by atoms with Gasteiger partial charge in [-0.15, -0.1) is 0 Å². The minimum Gasteiger partial charge on any atom is -0.350 e. The summed E-state index contributed by atoms with van der Waals surface area (Å²) in [5.74, 6) is -0.147. The molecule has 1 N–H and O–H groups in total. The Labute approximate surface area is 157 Å². The number of nitrogens with one attached hydrogen (secondary N) is 1. The van der Waals surface area contributed by atoms with E-state index >= 15 is 0 Å². The largest absolute Gasteiger partial charge is 0.350 e. The first kappa shape index (κ1) is 18.5. The van der Waals surface area contributed by atoms with Gasteiger partial charge in [-0.1, -0.05) is 18.2 Å². The maximum Gasteiger partial charge on any atom is 0.266 e. The van der Waals surface area contributed by atoms with E-state index in [-0.39, 0.29) is 24.4 Å². The van der Waals surface area contributed by atoms with Crippen molar-refractivity contribution in [2.45, 2.75) is 33.4 Å². The summed E-state index contributed by atoms with van der Waals surface area (Å²) in [4.78, 5) is 28.3. The third-order valence-corrected chi connectivity index (χ3v) is 4.41. The zero-order valence-corrected chi connectivity index (χ0v) is 15.5. The van der Waals surface area contributed by atoms with Crippen LogP contribution in [0.1, 0.15) is 23.2 Å². The average Bonchev–Trinajstić information content (AvgIpc) is 2.68. The first-order valence-corrected chi connectivity index (χ1v) is 8.85. The van der Waals surface area contributed by atoms with Crippen molar-refractivity contribution in [3.8, 4) is 11.3 Å². The predicted octanol–water partition coefficient (Wildman–Crippen LogP) is 2.63. The number of pyridine rings is 1. The Morgan fingerprint density at radius 2 is 1.93 bits per heavy atom. The Bertz CT molecular complexity index is 997. The second kappa shape index (κ2) is 8.40. The molecule has 0 atom stereocenters. The van der Waals surface area contributed by atoms with Crippen molar-refractivity contribution in [2.75, 3.05) is 0 Å². The van der Waals surface area contributed by atoms with E-state index in [0.717, 1.165) is 11.3 Å². The van der Waals surface area contributed by atoms with Crippen molar-refractivity contribution in [3.05, 3.63) is 81.9 Å². The Morgan fingerprint density at radius 3 is 2.67 bits per heavy atom. The molecule has 138 valence electrons. The van der Waals surface area contributed by atoms with Crippen molar-refractivity contribution in [2.24, 2.45) is 0 Å². The lowest BCUT2D eigenvalue weighted by Gasteiger charge is -2.09. The molecule has 0 fully saturated rings. The normalized spacial score (nSPS) is 10.6. The smallest absolute Gasteiger partial charge is 0.266 e. The van der Waals surface area contributed by atoms with Crippen LogP contribution in [0.2, 0.25) is 0 Å². The van der Waals surface area contributed by atoms with Gasteiger partial charge in [0, 0.05) is 24.2 Å². The van der Waals surface area contributed by atoms with Crippen LogP contribution in [0.3, 0.4) is 0 Å². The van der Waals surface area contributed by atoms with Crippen LogP contribution in [0.5, 0.6) is 0 Å². The number of hydrogen-bond acceptors (Lipinski definition) is 4. The van der Waals surface area contributed by atoms with Gasteiger partial charge in [0.2, 0.25) is 5.91 Å². The molecule has 0 aliphatic rings. The number of benzene rings is 1. The summed E-state index contributed by atoms with van der Waals surface area (Å²) < 4.78 is 1.34. The van der Waals surface area contributed by atoms with E-state index in [1.54, 1.807) is 12.3 Å². The van der Waals surface area contributed by atoms with Gasteiger partial charge in [0.05, 0.1) is 24.5 Å². The van der Waals surface area contributed by atoms with Crippen molar-refractivity contribution in [1.82, 2.24) is 20.1 Å². The lowest BCUT2D eigenvalue weighted by molar-refractivity contribution is -0.121. The number of rotatable bonds is 6. The van der Waals surface area contributed by atoms with Crippen LogP contribution in [-0.2, 0) is 17.9 Å². The summed E-state index contributed by atoms with van der Waals surface area (Å²) in [6.45, 7) is 4.69. The lowest BCUT2D eigenvalue weighted by atomic mass is 10.0. The van der Waals surface area contributed by atoms with Crippen LogP contribution in [0, 0.1) is 13.8 Å². The number of aryl methyl sites for hydroxylation is 3. The van der Waals surface area contributed by atoms with Gasteiger partial charge in [-0.3, -0.25) is 14.6 Å². The van der Waals surface area contributed by atoms with Gasteiger partial charge < -0.3 is 5.32 Å². The van der Waals surface area contributed by atoms with Crippen LogP contribution in [0.25, 0.3) is 11.3 Å². The molecule has 3 rings (SSSR count). The summed E-state index contributed by atoms with van der Waals surface area (Å²) in [7, 11) is 0. The number of aromatic nitrogens is 3. The number of nitrogens with zero attached hydrogens (tertiary/aromatic N) is 3. The summed E-state index contributed by atoms with van der Waals surface area (Å²) >= 11 is 0. The maximum absolute atomic E-state index is 12.1. The molecule has 2 aromatic heterocycles. The predicted molar refractivity (Wildman–Crippen MR) is 104 cm³/mol. The maximum atomic E-state index is 12.1. The van der Waals surface area contributed by atoms with Crippen molar-refractivity contribution >= 4 is 5.91 Å². The third-order valence-electron chi connectivity index (χ3n) is 4.41. The van der Waals surface area contributed by atoms with Crippen LogP contribution >= 0.6 is 0 Å². The highest BCUT2D eigenvalue weighted by atomic mass is 16.2. The second-order valence-corrected chi connectivity index (χ2v) is 6.43. The minimum atomic E-state index is -0.222. The molecule has 0 radical (unpaired) electrons. The molecule has 0 bridgehead atoms. The zero-order chi connectivity index (χ0) is 19.2. The molecule has 27 heavy (non-hydrogen) atoms. The highest BCUT2D eigenvalue weighted by Crippen LogP contribution is 2.19. The molecule has 0 aliphatic heterocycles. The van der Waals surface area contributed by atoms with Crippen LogP contribution < -0.4 is 10.9 Å². The molecule has 0 spiro atoms. The molecule has 6 heteroatoms. The average molecular weight is 362 g/mol. The fourth-order valence-electron chi connectivity index (χ4n) is 2.65. The van der Waals surface area contributed by atoms with E-state index in [9.17, 15) is 9.59 Å². The monoisotopic (exact) mass is 362 g/mol. The lowest BCUT2D eigenvalue weighted by Crippen LogP contribution is -2.28. The summed E-state index contributed by atoms with van der Waals surface area (Å²) in [6, 6.07) is 14.8. The van der Waals surface area contributed by atoms with Gasteiger partial charge in [-0.25, -0.2) is 4.68 Å². The van der Waals surface area contributed by atoms with E-state index in [2.05, 4.69) is 22.3 Å². The van der Waals surface area contributed by atoms with E-state index in [1.807, 2.05) is 43.3 Å². The third kappa shape index (κ3) is 4.88. The molecule has 3 aromatic rings. The van der Waals surface area contributed by atoms with E-state index in [4.69, 9.17) is 0 Å². The molecule has 1 aromatic carbocycles. The zero-order valence-electron chi connectivity index (χ0n) is 15.5. The second-order valence-electron chi connectivity index (χ2n) is 6.43. The molecule has 0 aliphatic carbocycles. The van der Waals surface area contributed by atoms with Crippen LogP contribution in [0.15, 0.2) is 59.5 Å². The Kier molecular flexibility index (Phi) is 5.76. The van der Waals surface area contributed by atoms with Gasteiger partial charge in [0.25, 0.3) is 5.56 Å². The van der Waals surface area contributed by atoms with Gasteiger partial charge >= 0.3 is 0 Å². The molecule has 0 unspecified atom stereocenters. The van der Waals surface area contributed by atoms with Crippen molar-refractivity contribution in [1.29, 1.82) is 0 Å².